The summed E-state index contributed by atoms with van der Waals surface area (Å²) in [6, 6.07) is 14.2. The predicted molar refractivity (Wildman–Crippen MR) is 95.4 cm³/mol. The summed E-state index contributed by atoms with van der Waals surface area (Å²) < 4.78 is 5.13. The van der Waals surface area contributed by atoms with Gasteiger partial charge in [0.05, 0.1) is 0 Å². The van der Waals surface area contributed by atoms with Crippen LogP contribution in [0.15, 0.2) is 59.3 Å². The Hall–Kier alpha value is -3.48. The van der Waals surface area contributed by atoms with Crippen molar-refractivity contribution in [3.63, 3.8) is 0 Å². The second-order valence-corrected chi connectivity index (χ2v) is 5.76. The molecular weight excluding hydrogens is 332 g/mol. The van der Waals surface area contributed by atoms with E-state index in [1.54, 1.807) is 55.4 Å². The van der Waals surface area contributed by atoms with E-state index in [0.717, 1.165) is 11.1 Å². The van der Waals surface area contributed by atoms with Crippen molar-refractivity contribution in [3.05, 3.63) is 71.6 Å². The van der Waals surface area contributed by atoms with Crippen LogP contribution in [0.3, 0.4) is 0 Å². The third-order valence-corrected chi connectivity index (χ3v) is 3.95. The largest absolute Gasteiger partial charge is 0.423 e. The fourth-order valence-corrected chi connectivity index (χ4v) is 2.53. The maximum Gasteiger partial charge on any atom is 0.253 e. The van der Waals surface area contributed by atoms with E-state index >= 15 is 0 Å². The second-order valence-electron chi connectivity index (χ2n) is 5.76. The number of carbonyl (C=O) groups excluding carboxylic acids is 2. The summed E-state index contributed by atoms with van der Waals surface area (Å²) in [5.41, 5.74) is 2.85. The van der Waals surface area contributed by atoms with Gasteiger partial charge in [-0.05, 0) is 42.0 Å². The average Bonchev–Trinajstić information content (AvgIpc) is 3.22. The van der Waals surface area contributed by atoms with Gasteiger partial charge in [0.1, 0.15) is 0 Å². The highest BCUT2D eigenvalue weighted by molar-refractivity contribution is 5.95. The van der Waals surface area contributed by atoms with Crippen molar-refractivity contribution in [2.45, 2.75) is 6.54 Å². The van der Waals surface area contributed by atoms with E-state index < -0.39 is 0 Å². The van der Waals surface area contributed by atoms with Crippen LogP contribution in [-0.4, -0.2) is 41.0 Å². The summed E-state index contributed by atoms with van der Waals surface area (Å²) in [6.45, 7) is 0.443. The van der Waals surface area contributed by atoms with Crippen LogP contribution < -0.4 is 5.32 Å². The highest BCUT2D eigenvalue weighted by atomic mass is 16.4. The Labute approximate surface area is 150 Å². The Morgan fingerprint density at radius 3 is 2.27 bits per heavy atom. The topological polar surface area (TPSA) is 88.3 Å². The zero-order chi connectivity index (χ0) is 18.5. The Morgan fingerprint density at radius 1 is 1.04 bits per heavy atom. The molecule has 0 aliphatic heterocycles. The molecule has 0 radical (unpaired) electrons. The normalized spacial score (nSPS) is 10.4. The van der Waals surface area contributed by atoms with E-state index in [9.17, 15) is 9.59 Å². The van der Waals surface area contributed by atoms with Crippen molar-refractivity contribution in [3.8, 4) is 11.5 Å². The van der Waals surface area contributed by atoms with E-state index in [1.807, 2.05) is 12.1 Å². The number of nitrogens with one attached hydrogen (secondary N) is 1. The van der Waals surface area contributed by atoms with Crippen LogP contribution in [-0.2, 0) is 6.54 Å². The van der Waals surface area contributed by atoms with Crippen LogP contribution in [0.2, 0.25) is 0 Å². The third kappa shape index (κ3) is 3.77. The molecule has 0 spiro atoms. The fourth-order valence-electron chi connectivity index (χ4n) is 2.53. The minimum Gasteiger partial charge on any atom is -0.423 e. The van der Waals surface area contributed by atoms with Gasteiger partial charge in [-0.2, -0.15) is 0 Å². The molecule has 0 aliphatic carbocycles. The molecule has 26 heavy (non-hydrogen) atoms. The Bertz CT molecular complexity index is 888. The molecule has 0 saturated carbocycles. The fraction of sp³-hybridized carbons (Fsp3) is 0.158. The number of hydrogen-bond donors (Lipinski definition) is 1. The van der Waals surface area contributed by atoms with Gasteiger partial charge in [-0.15, -0.1) is 10.2 Å². The van der Waals surface area contributed by atoms with Gasteiger partial charge in [0.2, 0.25) is 12.3 Å². The van der Waals surface area contributed by atoms with Gasteiger partial charge in [0.15, 0.2) is 0 Å². The first-order valence-corrected chi connectivity index (χ1v) is 8.01. The SMILES string of the molecule is CNC(=O)c1ccc(CN(C)C(=O)c2ccc(-c3nnco3)cc2)cc1. The van der Waals surface area contributed by atoms with Gasteiger partial charge in [-0.1, -0.05) is 12.1 Å². The summed E-state index contributed by atoms with van der Waals surface area (Å²) in [6.07, 6.45) is 1.26. The van der Waals surface area contributed by atoms with Crippen molar-refractivity contribution in [2.24, 2.45) is 0 Å². The summed E-state index contributed by atoms with van der Waals surface area (Å²) in [4.78, 5) is 25.8. The molecule has 2 amide bonds. The summed E-state index contributed by atoms with van der Waals surface area (Å²) in [7, 11) is 3.33. The van der Waals surface area contributed by atoms with Crippen LogP contribution >= 0.6 is 0 Å². The van der Waals surface area contributed by atoms with Gasteiger partial charge < -0.3 is 14.6 Å². The standard InChI is InChI=1S/C19H18N4O3/c1-20-17(24)14-5-3-13(4-6-14)11-23(2)19(25)16-9-7-15(8-10-16)18-22-21-12-26-18/h3-10,12H,11H2,1-2H3,(H,20,24). The molecule has 1 N–H and O–H groups in total. The van der Waals surface area contributed by atoms with Crippen molar-refractivity contribution < 1.29 is 14.0 Å². The summed E-state index contributed by atoms with van der Waals surface area (Å²) >= 11 is 0. The minimum atomic E-state index is -0.137. The molecule has 0 saturated heterocycles. The first-order valence-electron chi connectivity index (χ1n) is 8.01. The maximum absolute atomic E-state index is 12.6. The molecular formula is C19H18N4O3. The molecule has 7 heteroatoms. The molecule has 0 fully saturated rings. The molecule has 0 atom stereocenters. The first kappa shape index (κ1) is 17.3. The van der Waals surface area contributed by atoms with Crippen molar-refractivity contribution in [1.82, 2.24) is 20.4 Å². The molecule has 3 rings (SSSR count). The molecule has 0 bridgehead atoms. The third-order valence-electron chi connectivity index (χ3n) is 3.95. The van der Waals surface area contributed by atoms with Crippen LogP contribution in [0.1, 0.15) is 26.3 Å². The maximum atomic E-state index is 12.6. The van der Waals surface area contributed by atoms with E-state index in [-0.39, 0.29) is 11.8 Å². The molecule has 0 unspecified atom stereocenters. The Balaban J connectivity index is 1.66. The number of nitrogens with zero attached hydrogens (tertiary/aromatic N) is 3. The van der Waals surface area contributed by atoms with Gasteiger partial charge >= 0.3 is 0 Å². The van der Waals surface area contributed by atoms with Crippen molar-refractivity contribution >= 4 is 11.8 Å². The van der Waals surface area contributed by atoms with E-state index in [2.05, 4.69) is 15.5 Å². The quantitative estimate of drug-likeness (QED) is 0.763. The van der Waals surface area contributed by atoms with Crippen molar-refractivity contribution in [1.29, 1.82) is 0 Å². The predicted octanol–water partition coefficient (Wildman–Crippen LogP) is 2.37. The zero-order valence-corrected chi connectivity index (χ0v) is 14.5. The number of amides is 2. The van der Waals surface area contributed by atoms with Crippen LogP contribution in [0.5, 0.6) is 0 Å². The number of hydrogen-bond acceptors (Lipinski definition) is 5. The summed E-state index contributed by atoms with van der Waals surface area (Å²) in [5.74, 6) is 0.174. The average molecular weight is 350 g/mol. The first-order chi connectivity index (χ1) is 12.6. The van der Waals surface area contributed by atoms with E-state index in [0.29, 0.717) is 23.6 Å². The lowest BCUT2D eigenvalue weighted by Gasteiger charge is -2.17. The molecule has 7 nitrogen and oxygen atoms in total. The molecule has 3 aromatic rings. The lowest BCUT2D eigenvalue weighted by molar-refractivity contribution is 0.0784. The molecule has 1 heterocycles. The van der Waals surface area contributed by atoms with Gasteiger partial charge in [0.25, 0.3) is 11.8 Å². The Morgan fingerprint density at radius 2 is 1.69 bits per heavy atom. The van der Waals surface area contributed by atoms with Crippen LogP contribution in [0.25, 0.3) is 11.5 Å². The molecule has 1 aromatic heterocycles. The molecule has 2 aromatic carbocycles. The van der Waals surface area contributed by atoms with Gasteiger partial charge in [-0.25, -0.2) is 0 Å². The summed E-state index contributed by atoms with van der Waals surface area (Å²) in [5, 5.41) is 10.1. The monoisotopic (exact) mass is 350 g/mol. The van der Waals surface area contributed by atoms with Gasteiger partial charge in [0, 0.05) is 37.3 Å². The lowest BCUT2D eigenvalue weighted by atomic mass is 10.1. The van der Waals surface area contributed by atoms with E-state index in [4.69, 9.17) is 4.42 Å². The van der Waals surface area contributed by atoms with Crippen LogP contribution in [0.4, 0.5) is 0 Å². The second kappa shape index (κ2) is 7.60. The van der Waals surface area contributed by atoms with Gasteiger partial charge in [-0.3, -0.25) is 9.59 Å². The zero-order valence-electron chi connectivity index (χ0n) is 14.5. The van der Waals surface area contributed by atoms with Crippen LogP contribution in [0, 0.1) is 0 Å². The number of aromatic nitrogens is 2. The molecule has 132 valence electrons. The highest BCUT2D eigenvalue weighted by Gasteiger charge is 2.13. The lowest BCUT2D eigenvalue weighted by Crippen LogP contribution is -2.26. The van der Waals surface area contributed by atoms with Crippen molar-refractivity contribution in [2.75, 3.05) is 14.1 Å². The highest BCUT2D eigenvalue weighted by Crippen LogP contribution is 2.18. The number of rotatable bonds is 5. The Kier molecular flexibility index (Phi) is 5.07. The smallest absolute Gasteiger partial charge is 0.253 e. The number of benzene rings is 2. The van der Waals surface area contributed by atoms with E-state index in [1.165, 1.54) is 6.39 Å². The minimum absolute atomic E-state index is 0.0996. The molecule has 0 aliphatic rings. The number of carbonyl (C=O) groups is 2.